The molecular formula is C27H22ClN3O4. The first-order valence-electron chi connectivity index (χ1n) is 11.1. The van der Waals surface area contributed by atoms with Crippen LogP contribution in [-0.2, 0) is 17.9 Å². The van der Waals surface area contributed by atoms with Gasteiger partial charge in [0, 0.05) is 32.6 Å². The number of carbonyl (C=O) groups is 1. The van der Waals surface area contributed by atoms with E-state index in [4.69, 9.17) is 21.4 Å². The molecule has 0 bridgehead atoms. The van der Waals surface area contributed by atoms with Crippen molar-refractivity contribution in [2.45, 2.75) is 20.0 Å². The number of rotatable bonds is 7. The van der Waals surface area contributed by atoms with Gasteiger partial charge in [-0.05, 0) is 43.3 Å². The second-order valence-electron chi connectivity index (χ2n) is 8.19. The van der Waals surface area contributed by atoms with Gasteiger partial charge >= 0.3 is 5.97 Å². The van der Waals surface area contributed by atoms with Crippen LogP contribution in [0.15, 0.2) is 77.6 Å². The Morgan fingerprint density at radius 2 is 1.71 bits per heavy atom. The Labute approximate surface area is 205 Å². The average molecular weight is 488 g/mol. The summed E-state index contributed by atoms with van der Waals surface area (Å²) in [5.74, 6) is -0.240. The van der Waals surface area contributed by atoms with Crippen molar-refractivity contribution in [3.63, 3.8) is 0 Å². The van der Waals surface area contributed by atoms with Crippen molar-refractivity contribution in [2.24, 2.45) is 0 Å². The monoisotopic (exact) mass is 487 g/mol. The molecule has 0 atom stereocenters. The number of hydrogen-bond donors (Lipinski definition) is 1. The number of carboxylic acid groups (broad SMARTS) is 1. The Balaban J connectivity index is 1.68. The number of aromatic nitrogens is 3. The highest BCUT2D eigenvalue weighted by atomic mass is 35.5. The zero-order valence-corrected chi connectivity index (χ0v) is 19.7. The van der Waals surface area contributed by atoms with E-state index < -0.39 is 5.97 Å². The number of para-hydroxylation sites is 1. The third-order valence-corrected chi connectivity index (χ3v) is 6.23. The molecule has 2 aromatic heterocycles. The molecule has 3 aromatic carbocycles. The molecule has 0 aliphatic rings. The Morgan fingerprint density at radius 1 is 1.00 bits per heavy atom. The van der Waals surface area contributed by atoms with Gasteiger partial charge in [-0.25, -0.2) is 4.68 Å². The minimum Gasteiger partial charge on any atom is -0.492 e. The van der Waals surface area contributed by atoms with Crippen LogP contribution in [0.25, 0.3) is 32.9 Å². The maximum atomic E-state index is 13.2. The van der Waals surface area contributed by atoms with Gasteiger partial charge in [0.05, 0.1) is 11.9 Å². The number of benzene rings is 3. The van der Waals surface area contributed by atoms with E-state index in [0.29, 0.717) is 27.2 Å². The number of ether oxygens (including phenoxy) is 1. The summed E-state index contributed by atoms with van der Waals surface area (Å²) in [6.45, 7) is 2.17. The highest BCUT2D eigenvalue weighted by Gasteiger charge is 2.22. The molecule has 8 heteroatoms. The predicted octanol–water partition coefficient (Wildman–Crippen LogP) is 5.14. The van der Waals surface area contributed by atoms with Gasteiger partial charge in [-0.2, -0.15) is 5.10 Å². The van der Waals surface area contributed by atoms with Crippen LogP contribution < -0.4 is 10.3 Å². The highest BCUT2D eigenvalue weighted by molar-refractivity contribution is 6.31. The molecule has 0 aliphatic carbocycles. The maximum absolute atomic E-state index is 13.2. The molecule has 5 aromatic rings. The molecule has 2 heterocycles. The fourth-order valence-electron chi connectivity index (χ4n) is 4.43. The average Bonchev–Trinajstić information content (AvgIpc) is 3.11. The number of aliphatic carboxylic acids is 1. The standard InChI is InChI=1S/C27H22ClN3O4/c1-17-25(22-15-18(28)11-12-23(22)30(17)16-24(32)33)26-20-9-5-6-10-21(20)27(34)31(29-26)13-14-35-19-7-3-2-4-8-19/h2-12,15H,13-14,16H2,1H3,(H,32,33). The molecule has 0 saturated heterocycles. The second kappa shape index (κ2) is 9.27. The molecule has 1 N–H and O–H groups in total. The molecular weight excluding hydrogens is 466 g/mol. The molecule has 176 valence electrons. The van der Waals surface area contributed by atoms with Gasteiger partial charge in [-0.1, -0.05) is 48.0 Å². The summed E-state index contributed by atoms with van der Waals surface area (Å²) in [6.07, 6.45) is 0. The minimum absolute atomic E-state index is 0.202. The van der Waals surface area contributed by atoms with Crippen LogP contribution in [-0.4, -0.2) is 32.0 Å². The molecule has 5 rings (SSSR count). The number of halogens is 1. The van der Waals surface area contributed by atoms with Crippen molar-refractivity contribution in [2.75, 3.05) is 6.61 Å². The van der Waals surface area contributed by atoms with Gasteiger partial charge in [0.25, 0.3) is 5.56 Å². The van der Waals surface area contributed by atoms with Gasteiger partial charge < -0.3 is 14.4 Å². The molecule has 0 aliphatic heterocycles. The van der Waals surface area contributed by atoms with Crippen molar-refractivity contribution in [1.29, 1.82) is 0 Å². The topological polar surface area (TPSA) is 86.4 Å². The van der Waals surface area contributed by atoms with E-state index in [1.54, 1.807) is 16.7 Å². The van der Waals surface area contributed by atoms with Crippen molar-refractivity contribution in [3.05, 3.63) is 93.9 Å². The van der Waals surface area contributed by atoms with E-state index in [2.05, 4.69) is 0 Å². The zero-order chi connectivity index (χ0) is 24.5. The fraction of sp³-hybridized carbons (Fsp3) is 0.148. The third-order valence-electron chi connectivity index (χ3n) is 6.00. The molecule has 35 heavy (non-hydrogen) atoms. The van der Waals surface area contributed by atoms with Crippen LogP contribution in [0.1, 0.15) is 5.69 Å². The zero-order valence-electron chi connectivity index (χ0n) is 18.9. The van der Waals surface area contributed by atoms with Crippen molar-refractivity contribution < 1.29 is 14.6 Å². The van der Waals surface area contributed by atoms with E-state index in [1.165, 1.54) is 4.68 Å². The SMILES string of the molecule is Cc1c(-c2nn(CCOc3ccccc3)c(=O)c3ccccc23)c2cc(Cl)ccc2n1CC(=O)O. The highest BCUT2D eigenvalue weighted by Crippen LogP contribution is 2.37. The van der Waals surface area contributed by atoms with Crippen LogP contribution in [0.3, 0.4) is 0 Å². The number of carboxylic acids is 1. The summed E-state index contributed by atoms with van der Waals surface area (Å²) < 4.78 is 8.93. The minimum atomic E-state index is -0.952. The van der Waals surface area contributed by atoms with Crippen LogP contribution >= 0.6 is 11.6 Å². The van der Waals surface area contributed by atoms with Gasteiger partial charge in [0.2, 0.25) is 0 Å². The van der Waals surface area contributed by atoms with E-state index in [1.807, 2.05) is 67.6 Å². The summed E-state index contributed by atoms with van der Waals surface area (Å²) in [6, 6.07) is 22.0. The fourth-order valence-corrected chi connectivity index (χ4v) is 4.60. The number of hydrogen-bond acceptors (Lipinski definition) is 4. The Bertz CT molecular complexity index is 1620. The second-order valence-corrected chi connectivity index (χ2v) is 8.62. The normalized spacial score (nSPS) is 11.3. The Morgan fingerprint density at radius 3 is 2.46 bits per heavy atom. The van der Waals surface area contributed by atoms with Gasteiger partial charge in [0.15, 0.2) is 0 Å². The number of nitrogens with zero attached hydrogens (tertiary/aromatic N) is 3. The van der Waals surface area contributed by atoms with Crippen LogP contribution in [0.5, 0.6) is 5.75 Å². The maximum Gasteiger partial charge on any atom is 0.323 e. The van der Waals surface area contributed by atoms with E-state index in [0.717, 1.165) is 22.2 Å². The Kier molecular flexibility index (Phi) is 6.01. The van der Waals surface area contributed by atoms with Gasteiger partial charge in [-0.3, -0.25) is 9.59 Å². The summed E-state index contributed by atoms with van der Waals surface area (Å²) in [4.78, 5) is 24.9. The summed E-state index contributed by atoms with van der Waals surface area (Å²) in [5.41, 5.74) is 2.59. The lowest BCUT2D eigenvalue weighted by atomic mass is 10.0. The van der Waals surface area contributed by atoms with Crippen molar-refractivity contribution >= 4 is 39.2 Å². The largest absolute Gasteiger partial charge is 0.492 e. The predicted molar refractivity (Wildman–Crippen MR) is 136 cm³/mol. The van der Waals surface area contributed by atoms with Crippen molar-refractivity contribution in [1.82, 2.24) is 14.3 Å². The quantitative estimate of drug-likeness (QED) is 0.343. The first-order valence-corrected chi connectivity index (χ1v) is 11.5. The summed E-state index contributed by atoms with van der Waals surface area (Å²) in [7, 11) is 0. The number of fused-ring (bicyclic) bond motifs is 2. The first-order chi connectivity index (χ1) is 16.9. The third kappa shape index (κ3) is 4.26. The molecule has 7 nitrogen and oxygen atoms in total. The van der Waals surface area contributed by atoms with E-state index in [-0.39, 0.29) is 25.3 Å². The van der Waals surface area contributed by atoms with Crippen LogP contribution in [0.2, 0.25) is 5.02 Å². The van der Waals surface area contributed by atoms with E-state index >= 15 is 0 Å². The molecule has 0 saturated carbocycles. The van der Waals surface area contributed by atoms with Crippen LogP contribution in [0, 0.1) is 6.92 Å². The Hall–Kier alpha value is -4.10. The smallest absolute Gasteiger partial charge is 0.323 e. The lowest BCUT2D eigenvalue weighted by Gasteiger charge is -2.13. The lowest BCUT2D eigenvalue weighted by Crippen LogP contribution is -2.26. The van der Waals surface area contributed by atoms with E-state index in [9.17, 15) is 14.7 Å². The lowest BCUT2D eigenvalue weighted by molar-refractivity contribution is -0.137. The molecule has 0 amide bonds. The molecule has 0 unspecified atom stereocenters. The summed E-state index contributed by atoms with van der Waals surface area (Å²) >= 11 is 6.33. The molecule has 0 spiro atoms. The molecule has 0 fully saturated rings. The molecule has 0 radical (unpaired) electrons. The first kappa shape index (κ1) is 22.7. The van der Waals surface area contributed by atoms with Gasteiger partial charge in [-0.15, -0.1) is 0 Å². The summed E-state index contributed by atoms with van der Waals surface area (Å²) in [5, 5.41) is 16.8. The van der Waals surface area contributed by atoms with Crippen LogP contribution in [0.4, 0.5) is 0 Å². The van der Waals surface area contributed by atoms with Gasteiger partial charge in [0.1, 0.15) is 24.6 Å². The van der Waals surface area contributed by atoms with Crippen molar-refractivity contribution in [3.8, 4) is 17.0 Å².